The van der Waals surface area contributed by atoms with Crippen molar-refractivity contribution in [3.05, 3.63) is 0 Å². The van der Waals surface area contributed by atoms with Gasteiger partial charge in [0.2, 0.25) is 5.91 Å². The molecule has 0 aromatic carbocycles. The second-order valence-corrected chi connectivity index (χ2v) is 4.81. The summed E-state index contributed by atoms with van der Waals surface area (Å²) in [6, 6.07) is 0.271. The molecule has 0 radical (unpaired) electrons. The van der Waals surface area contributed by atoms with Crippen molar-refractivity contribution in [2.75, 3.05) is 7.05 Å². The van der Waals surface area contributed by atoms with Crippen LogP contribution in [0, 0.1) is 17.8 Å². The van der Waals surface area contributed by atoms with Crippen molar-refractivity contribution in [3.8, 4) is 0 Å². The van der Waals surface area contributed by atoms with Crippen LogP contribution in [0.5, 0.6) is 0 Å². The lowest BCUT2D eigenvalue weighted by atomic mass is 10.1. The minimum atomic E-state index is -0.833. The first-order chi connectivity index (χ1) is 7.02. The van der Waals surface area contributed by atoms with Crippen LogP contribution in [0.1, 0.15) is 26.2 Å². The highest BCUT2D eigenvalue weighted by molar-refractivity contribution is 5.89. The topological polar surface area (TPSA) is 57.6 Å². The summed E-state index contributed by atoms with van der Waals surface area (Å²) in [7, 11) is 1.79. The van der Waals surface area contributed by atoms with Crippen LogP contribution in [0.3, 0.4) is 0 Å². The van der Waals surface area contributed by atoms with Gasteiger partial charge in [-0.2, -0.15) is 0 Å². The average molecular weight is 211 g/mol. The van der Waals surface area contributed by atoms with E-state index in [1.165, 1.54) is 12.8 Å². The van der Waals surface area contributed by atoms with Gasteiger partial charge in [-0.3, -0.25) is 9.59 Å². The second-order valence-electron chi connectivity index (χ2n) is 4.81. The van der Waals surface area contributed by atoms with Crippen molar-refractivity contribution in [1.82, 2.24) is 4.90 Å². The summed E-state index contributed by atoms with van der Waals surface area (Å²) in [6.45, 7) is 2.05. The number of rotatable bonds is 4. The molecule has 0 bridgehead atoms. The first-order valence-electron chi connectivity index (χ1n) is 5.52. The molecule has 1 unspecified atom stereocenters. The van der Waals surface area contributed by atoms with Crippen LogP contribution in [0.25, 0.3) is 0 Å². The predicted octanol–water partition coefficient (Wildman–Crippen LogP) is 0.964. The van der Waals surface area contributed by atoms with Crippen LogP contribution in [-0.2, 0) is 9.59 Å². The quantitative estimate of drug-likeness (QED) is 0.753. The van der Waals surface area contributed by atoms with Gasteiger partial charge in [0.15, 0.2) is 0 Å². The number of nitrogens with zero attached hydrogens (tertiary/aromatic N) is 1. The molecule has 84 valence electrons. The summed E-state index contributed by atoms with van der Waals surface area (Å²) in [6.07, 6.45) is 2.92. The maximum Gasteiger partial charge on any atom is 0.307 e. The highest BCUT2D eigenvalue weighted by Crippen LogP contribution is 2.42. The number of carboxylic acids is 1. The molecule has 15 heavy (non-hydrogen) atoms. The first-order valence-corrected chi connectivity index (χ1v) is 5.52. The van der Waals surface area contributed by atoms with Gasteiger partial charge in [-0.1, -0.05) is 0 Å². The van der Waals surface area contributed by atoms with Gasteiger partial charge in [0.1, 0.15) is 0 Å². The molecule has 2 fully saturated rings. The molecule has 1 N–H and O–H groups in total. The number of hydrogen-bond donors (Lipinski definition) is 1. The fourth-order valence-corrected chi connectivity index (χ4v) is 2.10. The third kappa shape index (κ3) is 1.98. The first kappa shape index (κ1) is 10.5. The van der Waals surface area contributed by atoms with Gasteiger partial charge in [0, 0.05) is 13.1 Å². The van der Waals surface area contributed by atoms with Crippen molar-refractivity contribution in [2.45, 2.75) is 32.2 Å². The largest absolute Gasteiger partial charge is 0.481 e. The Labute approximate surface area is 89.3 Å². The molecule has 2 aliphatic carbocycles. The summed E-state index contributed by atoms with van der Waals surface area (Å²) < 4.78 is 0. The maximum atomic E-state index is 11.9. The van der Waals surface area contributed by atoms with E-state index in [9.17, 15) is 9.59 Å². The van der Waals surface area contributed by atoms with E-state index in [1.54, 1.807) is 11.9 Å². The molecule has 2 rings (SSSR count). The number of amides is 1. The molecular formula is C11H17NO3. The Morgan fingerprint density at radius 1 is 1.33 bits per heavy atom. The lowest BCUT2D eigenvalue weighted by Crippen LogP contribution is -2.38. The fraction of sp³-hybridized carbons (Fsp3) is 0.818. The summed E-state index contributed by atoms with van der Waals surface area (Å²) in [5.41, 5.74) is 0. The number of carbonyl (C=O) groups excluding carboxylic acids is 1. The normalized spacial score (nSPS) is 30.8. The van der Waals surface area contributed by atoms with Crippen molar-refractivity contribution >= 4 is 11.9 Å². The lowest BCUT2D eigenvalue weighted by Gasteiger charge is -2.24. The Hall–Kier alpha value is -1.06. The Kier molecular flexibility index (Phi) is 2.44. The number of aliphatic carboxylic acids is 1. The third-order valence-electron chi connectivity index (χ3n) is 3.69. The molecule has 4 heteroatoms. The summed E-state index contributed by atoms with van der Waals surface area (Å²) in [4.78, 5) is 24.2. The van der Waals surface area contributed by atoms with Gasteiger partial charge in [-0.15, -0.1) is 0 Å². The molecule has 2 saturated carbocycles. The van der Waals surface area contributed by atoms with Gasteiger partial charge in [-0.05, 0) is 32.1 Å². The number of carboxylic acid groups (broad SMARTS) is 1. The van der Waals surface area contributed by atoms with E-state index in [2.05, 4.69) is 0 Å². The highest BCUT2D eigenvalue weighted by Gasteiger charge is 2.50. The minimum absolute atomic E-state index is 0.0156. The predicted molar refractivity (Wildman–Crippen MR) is 54.2 cm³/mol. The van der Waals surface area contributed by atoms with Crippen molar-refractivity contribution < 1.29 is 14.7 Å². The molecule has 0 aliphatic heterocycles. The molecular weight excluding hydrogens is 194 g/mol. The Morgan fingerprint density at radius 2 is 1.93 bits per heavy atom. The monoisotopic (exact) mass is 211 g/mol. The highest BCUT2D eigenvalue weighted by atomic mass is 16.4. The van der Waals surface area contributed by atoms with Gasteiger partial charge in [-0.25, -0.2) is 0 Å². The standard InChI is InChI=1S/C11H17NO3/c1-6(7-3-4-7)12(2)10(13)8-5-9(8)11(14)15/h6-9H,3-5H2,1-2H3,(H,14,15)/t6?,8-,9+/m1/s1. The SMILES string of the molecule is CC(C1CC1)N(C)C(=O)[C@@H]1C[C@@H]1C(=O)O. The van der Waals surface area contributed by atoms with Gasteiger partial charge in [0.05, 0.1) is 11.8 Å². The Balaban J connectivity index is 1.88. The van der Waals surface area contributed by atoms with E-state index in [1.807, 2.05) is 6.92 Å². The van der Waals surface area contributed by atoms with Crippen LogP contribution in [0.2, 0.25) is 0 Å². The number of carbonyl (C=O) groups is 2. The minimum Gasteiger partial charge on any atom is -0.481 e. The molecule has 0 heterocycles. The zero-order valence-electron chi connectivity index (χ0n) is 9.14. The van der Waals surface area contributed by atoms with E-state index >= 15 is 0 Å². The van der Waals surface area contributed by atoms with Gasteiger partial charge >= 0.3 is 5.97 Å². The van der Waals surface area contributed by atoms with Gasteiger partial charge in [0.25, 0.3) is 0 Å². The maximum absolute atomic E-state index is 11.9. The molecule has 0 aromatic heterocycles. The molecule has 3 atom stereocenters. The smallest absolute Gasteiger partial charge is 0.307 e. The van der Waals surface area contributed by atoms with E-state index in [0.29, 0.717) is 12.3 Å². The molecule has 0 aromatic rings. The van der Waals surface area contributed by atoms with Crippen molar-refractivity contribution in [1.29, 1.82) is 0 Å². The van der Waals surface area contributed by atoms with Crippen molar-refractivity contribution in [2.24, 2.45) is 17.8 Å². The molecule has 2 aliphatic rings. The van der Waals surface area contributed by atoms with E-state index in [4.69, 9.17) is 5.11 Å². The van der Waals surface area contributed by atoms with Crippen LogP contribution in [0.15, 0.2) is 0 Å². The fourth-order valence-electron chi connectivity index (χ4n) is 2.10. The van der Waals surface area contributed by atoms with Crippen LogP contribution >= 0.6 is 0 Å². The van der Waals surface area contributed by atoms with Crippen LogP contribution in [0.4, 0.5) is 0 Å². The molecule has 0 saturated heterocycles. The molecule has 1 amide bonds. The Morgan fingerprint density at radius 3 is 2.33 bits per heavy atom. The van der Waals surface area contributed by atoms with E-state index in [0.717, 1.165) is 0 Å². The molecule has 0 spiro atoms. The average Bonchev–Trinajstić information content (AvgIpc) is 3.04. The third-order valence-corrected chi connectivity index (χ3v) is 3.69. The Bertz CT molecular complexity index is 298. The summed E-state index contributed by atoms with van der Waals surface area (Å²) >= 11 is 0. The van der Waals surface area contributed by atoms with E-state index < -0.39 is 11.9 Å². The van der Waals surface area contributed by atoms with E-state index in [-0.39, 0.29) is 17.9 Å². The zero-order valence-corrected chi connectivity index (χ0v) is 9.14. The number of hydrogen-bond acceptors (Lipinski definition) is 2. The zero-order chi connectivity index (χ0) is 11.2. The summed E-state index contributed by atoms with van der Waals surface area (Å²) in [5.74, 6) is -0.858. The van der Waals surface area contributed by atoms with Gasteiger partial charge < -0.3 is 10.0 Å². The molecule has 4 nitrogen and oxygen atoms in total. The second kappa shape index (κ2) is 3.51. The lowest BCUT2D eigenvalue weighted by molar-refractivity contribution is -0.142. The van der Waals surface area contributed by atoms with Crippen molar-refractivity contribution in [3.63, 3.8) is 0 Å². The van der Waals surface area contributed by atoms with Crippen LogP contribution < -0.4 is 0 Å². The van der Waals surface area contributed by atoms with Crippen LogP contribution in [-0.4, -0.2) is 35.0 Å². The summed E-state index contributed by atoms with van der Waals surface area (Å²) in [5, 5.41) is 8.74.